The maximum atomic E-state index is 4.61. The molecular weight excluding hydrogens is 282 g/mol. The summed E-state index contributed by atoms with van der Waals surface area (Å²) in [6, 6.07) is 4.13. The summed E-state index contributed by atoms with van der Waals surface area (Å²) in [4.78, 5) is 8.85. The summed E-state index contributed by atoms with van der Waals surface area (Å²) in [5.41, 5.74) is 2.37. The third kappa shape index (κ3) is 4.32. The van der Waals surface area contributed by atoms with Gasteiger partial charge in [0.05, 0.1) is 18.8 Å². The molecule has 0 atom stereocenters. The summed E-state index contributed by atoms with van der Waals surface area (Å²) in [5, 5.41) is 9.82. The van der Waals surface area contributed by atoms with E-state index in [1.54, 1.807) is 18.4 Å². The second-order valence-electron chi connectivity index (χ2n) is 5.21. The number of aryl methyl sites for hydroxylation is 1. The molecule has 2 N–H and O–H groups in total. The Kier molecular flexibility index (Phi) is 5.38. The Morgan fingerprint density at radius 1 is 1.38 bits per heavy atom. The average molecular weight is 305 g/mol. The summed E-state index contributed by atoms with van der Waals surface area (Å²) in [6.45, 7) is 5.77. The average Bonchev–Trinajstić information content (AvgIpc) is 3.08. The molecule has 2 aromatic rings. The molecule has 2 rings (SSSR count). The molecule has 0 aromatic carbocycles. The van der Waals surface area contributed by atoms with Crippen molar-refractivity contribution >= 4 is 17.3 Å². The lowest BCUT2D eigenvalue weighted by Gasteiger charge is -2.11. The van der Waals surface area contributed by atoms with Crippen LogP contribution in [-0.4, -0.2) is 22.6 Å². The number of aliphatic imine (C=N–C) groups is 1. The van der Waals surface area contributed by atoms with E-state index in [2.05, 4.69) is 50.5 Å². The van der Waals surface area contributed by atoms with Crippen LogP contribution in [0.1, 0.15) is 36.2 Å². The zero-order valence-corrected chi connectivity index (χ0v) is 13.9. The van der Waals surface area contributed by atoms with Gasteiger partial charge < -0.3 is 15.2 Å². The van der Waals surface area contributed by atoms with Gasteiger partial charge in [0.25, 0.3) is 0 Å². The smallest absolute Gasteiger partial charge is 0.191 e. The second kappa shape index (κ2) is 7.26. The van der Waals surface area contributed by atoms with E-state index in [9.17, 15) is 0 Å². The van der Waals surface area contributed by atoms with Crippen LogP contribution in [0.3, 0.4) is 0 Å². The van der Waals surface area contributed by atoms with Crippen molar-refractivity contribution in [2.45, 2.75) is 32.9 Å². The molecule has 2 heterocycles. The second-order valence-corrected chi connectivity index (χ2v) is 6.15. The maximum Gasteiger partial charge on any atom is 0.191 e. The van der Waals surface area contributed by atoms with E-state index in [0.717, 1.165) is 23.2 Å². The van der Waals surface area contributed by atoms with Gasteiger partial charge in [0.1, 0.15) is 5.01 Å². The molecule has 0 aliphatic carbocycles. The Labute approximate surface area is 130 Å². The van der Waals surface area contributed by atoms with Crippen molar-refractivity contribution in [3.05, 3.63) is 40.1 Å². The van der Waals surface area contributed by atoms with Gasteiger partial charge in [0.15, 0.2) is 5.96 Å². The minimum atomic E-state index is 0.477. The Bertz CT molecular complexity index is 597. The lowest BCUT2D eigenvalue weighted by Crippen LogP contribution is -2.36. The van der Waals surface area contributed by atoms with Crippen molar-refractivity contribution in [1.82, 2.24) is 20.2 Å². The molecule has 5 nitrogen and oxygen atoms in total. The van der Waals surface area contributed by atoms with Gasteiger partial charge in [0, 0.05) is 31.4 Å². The highest BCUT2D eigenvalue weighted by Crippen LogP contribution is 2.17. The highest BCUT2D eigenvalue weighted by molar-refractivity contribution is 7.09. The molecule has 2 aromatic heterocycles. The quantitative estimate of drug-likeness (QED) is 0.659. The van der Waals surface area contributed by atoms with Gasteiger partial charge in [-0.15, -0.1) is 11.3 Å². The van der Waals surface area contributed by atoms with Crippen molar-refractivity contribution in [3.8, 4) is 0 Å². The summed E-state index contributed by atoms with van der Waals surface area (Å²) < 4.78 is 2.09. The van der Waals surface area contributed by atoms with E-state index in [0.29, 0.717) is 12.5 Å². The fraction of sp³-hybridized carbons (Fsp3) is 0.467. The molecule has 0 spiro atoms. The van der Waals surface area contributed by atoms with E-state index in [1.165, 1.54) is 5.69 Å². The van der Waals surface area contributed by atoms with Gasteiger partial charge in [-0.2, -0.15) is 0 Å². The number of rotatable bonds is 5. The van der Waals surface area contributed by atoms with Crippen molar-refractivity contribution in [2.75, 3.05) is 7.05 Å². The predicted octanol–water partition coefficient (Wildman–Crippen LogP) is 2.47. The molecule has 0 bridgehead atoms. The molecule has 0 unspecified atom stereocenters. The van der Waals surface area contributed by atoms with Crippen LogP contribution in [0.2, 0.25) is 0 Å². The molecule has 6 heteroatoms. The minimum absolute atomic E-state index is 0.477. The van der Waals surface area contributed by atoms with E-state index >= 15 is 0 Å². The van der Waals surface area contributed by atoms with E-state index in [1.807, 2.05) is 19.3 Å². The normalized spacial score (nSPS) is 12.0. The van der Waals surface area contributed by atoms with Crippen LogP contribution in [0.4, 0.5) is 0 Å². The van der Waals surface area contributed by atoms with Crippen molar-refractivity contribution < 1.29 is 0 Å². The molecule has 0 saturated heterocycles. The Hall–Kier alpha value is -1.82. The first-order chi connectivity index (χ1) is 10.1. The van der Waals surface area contributed by atoms with Crippen molar-refractivity contribution in [1.29, 1.82) is 0 Å². The van der Waals surface area contributed by atoms with Gasteiger partial charge in [-0.05, 0) is 18.1 Å². The molecule has 0 amide bonds. The van der Waals surface area contributed by atoms with Gasteiger partial charge in [0.2, 0.25) is 0 Å². The first kappa shape index (κ1) is 15.6. The lowest BCUT2D eigenvalue weighted by atomic mass is 10.2. The van der Waals surface area contributed by atoms with Gasteiger partial charge in [-0.3, -0.25) is 4.99 Å². The number of thiazole rings is 1. The van der Waals surface area contributed by atoms with E-state index in [4.69, 9.17) is 0 Å². The first-order valence-electron chi connectivity index (χ1n) is 7.09. The van der Waals surface area contributed by atoms with Gasteiger partial charge in [-0.1, -0.05) is 13.8 Å². The summed E-state index contributed by atoms with van der Waals surface area (Å²) in [5.74, 6) is 1.27. The van der Waals surface area contributed by atoms with E-state index in [-0.39, 0.29) is 0 Å². The molecule has 114 valence electrons. The standard InChI is InChI=1S/C15H23N5S/c1-11(2)13-10-21-14(19-13)9-18-15(16-3)17-8-12-6-5-7-20(12)4/h5-7,10-11H,8-9H2,1-4H3,(H2,16,17,18). The summed E-state index contributed by atoms with van der Waals surface area (Å²) >= 11 is 1.69. The van der Waals surface area contributed by atoms with Crippen molar-refractivity contribution in [2.24, 2.45) is 12.0 Å². The largest absolute Gasteiger partial charge is 0.353 e. The zero-order chi connectivity index (χ0) is 15.2. The van der Waals surface area contributed by atoms with Crippen LogP contribution in [0.15, 0.2) is 28.7 Å². The van der Waals surface area contributed by atoms with Crippen LogP contribution < -0.4 is 10.6 Å². The molecule has 0 saturated carbocycles. The number of aromatic nitrogens is 2. The van der Waals surface area contributed by atoms with Crippen LogP contribution in [-0.2, 0) is 20.1 Å². The van der Waals surface area contributed by atoms with Crippen LogP contribution in [0.25, 0.3) is 0 Å². The summed E-state index contributed by atoms with van der Waals surface area (Å²) in [6.07, 6.45) is 2.04. The highest BCUT2D eigenvalue weighted by atomic mass is 32.1. The SMILES string of the molecule is CN=C(NCc1nc(C(C)C)cs1)NCc1cccn1C. The Morgan fingerprint density at radius 2 is 2.14 bits per heavy atom. The van der Waals surface area contributed by atoms with Gasteiger partial charge in [-0.25, -0.2) is 4.98 Å². The fourth-order valence-corrected chi connectivity index (χ4v) is 2.80. The highest BCUT2D eigenvalue weighted by Gasteiger charge is 2.06. The minimum Gasteiger partial charge on any atom is -0.353 e. The fourth-order valence-electron chi connectivity index (χ4n) is 1.91. The number of nitrogens with one attached hydrogen (secondary N) is 2. The number of hydrogen-bond donors (Lipinski definition) is 2. The Morgan fingerprint density at radius 3 is 2.71 bits per heavy atom. The molecule has 21 heavy (non-hydrogen) atoms. The monoisotopic (exact) mass is 305 g/mol. The third-order valence-corrected chi connectivity index (χ3v) is 4.15. The number of nitrogens with zero attached hydrogens (tertiary/aromatic N) is 3. The number of guanidine groups is 1. The molecule has 0 radical (unpaired) electrons. The van der Waals surface area contributed by atoms with Crippen LogP contribution >= 0.6 is 11.3 Å². The third-order valence-electron chi connectivity index (χ3n) is 3.28. The van der Waals surface area contributed by atoms with Crippen molar-refractivity contribution in [3.63, 3.8) is 0 Å². The summed E-state index contributed by atoms with van der Waals surface area (Å²) in [7, 11) is 3.82. The Balaban J connectivity index is 1.83. The van der Waals surface area contributed by atoms with Gasteiger partial charge >= 0.3 is 0 Å². The van der Waals surface area contributed by atoms with E-state index < -0.39 is 0 Å². The molecule has 0 aliphatic heterocycles. The maximum absolute atomic E-state index is 4.61. The zero-order valence-electron chi connectivity index (χ0n) is 13.1. The lowest BCUT2D eigenvalue weighted by molar-refractivity contribution is 0.745. The predicted molar refractivity (Wildman–Crippen MR) is 88.7 cm³/mol. The molecule has 0 fully saturated rings. The van der Waals surface area contributed by atoms with Crippen LogP contribution in [0.5, 0.6) is 0 Å². The molecule has 0 aliphatic rings. The molecular formula is C15H23N5S. The topological polar surface area (TPSA) is 54.2 Å². The van der Waals surface area contributed by atoms with Crippen LogP contribution in [0, 0.1) is 0 Å². The number of hydrogen-bond acceptors (Lipinski definition) is 3. The first-order valence-corrected chi connectivity index (χ1v) is 7.97.